The van der Waals surface area contributed by atoms with Crippen molar-refractivity contribution in [1.29, 1.82) is 0 Å². The summed E-state index contributed by atoms with van der Waals surface area (Å²) in [7, 11) is 3.72. The molecule has 5 atom stereocenters. The number of fused-ring (bicyclic) bond motifs is 1. The number of carbonyl (C=O) groups excluding carboxylic acids is 1. The van der Waals surface area contributed by atoms with E-state index in [1.54, 1.807) is 16.9 Å². The van der Waals surface area contributed by atoms with Crippen molar-refractivity contribution in [3.63, 3.8) is 0 Å². The molecule has 0 N–H and O–H groups in total. The van der Waals surface area contributed by atoms with Gasteiger partial charge in [-0.1, -0.05) is 66.9 Å². The van der Waals surface area contributed by atoms with Crippen LogP contribution in [0.2, 0.25) is 0 Å². The Morgan fingerprint density at radius 2 is 1.60 bits per heavy atom. The number of hydrogen-bond acceptors (Lipinski definition) is 2. The second-order valence-electron chi connectivity index (χ2n) is 9.90. The van der Waals surface area contributed by atoms with Crippen LogP contribution in [-0.4, -0.2) is 58.8 Å². The van der Waals surface area contributed by atoms with Gasteiger partial charge in [-0.2, -0.15) is 0 Å². The molecule has 0 bridgehead atoms. The molecule has 2 fully saturated rings. The van der Waals surface area contributed by atoms with Crippen LogP contribution in [0.5, 0.6) is 0 Å². The van der Waals surface area contributed by atoms with Crippen LogP contribution < -0.4 is 51.4 Å². The summed E-state index contributed by atoms with van der Waals surface area (Å²) >= 11 is 0. The summed E-state index contributed by atoms with van der Waals surface area (Å²) in [6.45, 7) is 19.3. The van der Waals surface area contributed by atoms with Crippen molar-refractivity contribution in [3.05, 3.63) is 5.32 Å². The Hall–Kier alpha value is 0.826. The molecule has 2 aliphatic heterocycles. The van der Waals surface area contributed by atoms with Crippen molar-refractivity contribution < 1.29 is 57.5 Å². The molecule has 0 saturated carbocycles. The molecule has 0 aromatic rings. The minimum atomic E-state index is -1.18. The second kappa shape index (κ2) is 7.34. The first-order chi connectivity index (χ1) is 11.0. The molecule has 0 radical (unpaired) electrons. The Morgan fingerprint density at radius 1 is 1.12 bits per heavy atom. The number of urea groups is 1. The summed E-state index contributed by atoms with van der Waals surface area (Å²) in [5.41, 5.74) is -0.560. The average molecular weight is 378 g/mol. The summed E-state index contributed by atoms with van der Waals surface area (Å²) < 4.78 is 8.81. The predicted molar refractivity (Wildman–Crippen MR) is 99.6 cm³/mol. The van der Waals surface area contributed by atoms with Gasteiger partial charge in [0.15, 0.2) is 0 Å². The standard InChI is InChI=1S/C19H37N4O.K/c1-12-14(17(3,4)5)20-13(2)22(11)23-15(12)19(9,18(6,7)8)21(10)16(23)24;/h12-15H,1-11H3;/q-1;+1/t12?,13?,14?,15?,19-;/m0./s1/i13D;. The van der Waals surface area contributed by atoms with Crippen LogP contribution in [0.15, 0.2) is 0 Å². The van der Waals surface area contributed by atoms with Crippen LogP contribution >= 0.6 is 0 Å². The maximum atomic E-state index is 13.2. The molecule has 2 rings (SSSR count). The summed E-state index contributed by atoms with van der Waals surface area (Å²) in [6, 6.07) is -0.108. The van der Waals surface area contributed by atoms with Gasteiger partial charge in [0.05, 0.1) is 11.6 Å². The fraction of sp³-hybridized carbons (Fsp3) is 0.947. The number of likely N-dealkylation sites (N-methyl/N-ethyl adjacent to an activating group) is 1. The summed E-state index contributed by atoms with van der Waals surface area (Å²) in [6.07, 6.45) is -1.18. The molecule has 25 heavy (non-hydrogen) atoms. The van der Waals surface area contributed by atoms with Gasteiger partial charge in [0.2, 0.25) is 0 Å². The monoisotopic (exact) mass is 377 g/mol. The Morgan fingerprint density at radius 3 is 2.00 bits per heavy atom. The van der Waals surface area contributed by atoms with Gasteiger partial charge in [0, 0.05) is 15.5 Å². The fourth-order valence-electron chi connectivity index (χ4n) is 4.62. The third-order valence-corrected chi connectivity index (χ3v) is 6.54. The van der Waals surface area contributed by atoms with Crippen molar-refractivity contribution >= 4 is 6.03 Å². The van der Waals surface area contributed by atoms with Gasteiger partial charge in [-0.05, 0) is 18.3 Å². The third-order valence-electron chi connectivity index (χ3n) is 6.54. The molecule has 2 amide bonds. The van der Waals surface area contributed by atoms with Crippen LogP contribution in [0, 0.1) is 16.7 Å². The normalized spacial score (nSPS) is 41.2. The number of amides is 2. The molecule has 0 spiro atoms. The van der Waals surface area contributed by atoms with E-state index >= 15 is 0 Å². The number of carbonyl (C=O) groups is 1. The van der Waals surface area contributed by atoms with E-state index in [4.69, 9.17) is 6.69 Å². The molecule has 0 aromatic carbocycles. The molecule has 4 unspecified atom stereocenters. The molecule has 2 saturated heterocycles. The molecule has 140 valence electrons. The second-order valence-corrected chi connectivity index (χ2v) is 9.90. The van der Waals surface area contributed by atoms with Gasteiger partial charge in [-0.3, -0.25) is 5.01 Å². The van der Waals surface area contributed by atoms with Crippen LogP contribution in [0.4, 0.5) is 4.79 Å². The van der Waals surface area contributed by atoms with E-state index in [0.717, 1.165) is 0 Å². The number of hydrogen-bond donors (Lipinski definition) is 0. The van der Waals surface area contributed by atoms with Crippen LogP contribution in [0.25, 0.3) is 5.32 Å². The van der Waals surface area contributed by atoms with Gasteiger partial charge < -0.3 is 10.2 Å². The summed E-state index contributed by atoms with van der Waals surface area (Å²) in [5, 5.41) is 8.45. The molecular formula is C19H37KN4O. The molecule has 2 heterocycles. The number of hydrazine groups is 1. The topological polar surface area (TPSA) is 40.9 Å². The molecule has 6 heteroatoms. The van der Waals surface area contributed by atoms with Crippen LogP contribution in [0.1, 0.15) is 63.7 Å². The first kappa shape index (κ1) is 22.1. The van der Waals surface area contributed by atoms with Crippen molar-refractivity contribution in [1.82, 2.24) is 14.9 Å². The van der Waals surface area contributed by atoms with Gasteiger partial charge in [-0.15, -0.1) is 6.04 Å². The largest absolute Gasteiger partial charge is 1.00 e. The number of nitrogens with zero attached hydrogens (tertiary/aromatic N) is 4. The average Bonchev–Trinajstić information content (AvgIpc) is 2.58. The van der Waals surface area contributed by atoms with E-state index in [9.17, 15) is 4.79 Å². The molecule has 5 nitrogen and oxygen atoms in total. The zero-order valence-corrected chi connectivity index (χ0v) is 21.6. The maximum Gasteiger partial charge on any atom is 1.00 e. The van der Waals surface area contributed by atoms with Crippen molar-refractivity contribution in [2.45, 2.75) is 86.1 Å². The smallest absolute Gasteiger partial charge is 0.642 e. The molecule has 0 aromatic heterocycles. The van der Waals surface area contributed by atoms with Crippen molar-refractivity contribution in [2.75, 3.05) is 14.1 Å². The zero-order valence-electron chi connectivity index (χ0n) is 19.4. The first-order valence-electron chi connectivity index (χ1n) is 9.50. The Kier molecular flexibility index (Phi) is 6.49. The van der Waals surface area contributed by atoms with Crippen molar-refractivity contribution in [2.24, 2.45) is 16.7 Å². The summed E-state index contributed by atoms with van der Waals surface area (Å²) in [4.78, 5) is 15.1. The van der Waals surface area contributed by atoms with E-state index in [2.05, 4.69) is 55.4 Å². The van der Waals surface area contributed by atoms with E-state index in [1.807, 2.05) is 19.0 Å². The van der Waals surface area contributed by atoms with Gasteiger partial charge in [0.1, 0.15) is 0 Å². The Balaban J connectivity index is 0.00000338. The fourth-order valence-corrected chi connectivity index (χ4v) is 4.62. The van der Waals surface area contributed by atoms with E-state index < -0.39 is 6.14 Å². The third kappa shape index (κ3) is 3.61. The molecule has 2 aliphatic rings. The maximum absolute atomic E-state index is 13.2. The zero-order chi connectivity index (χ0) is 19.7. The Labute approximate surface area is 199 Å². The van der Waals surface area contributed by atoms with Gasteiger partial charge in [0.25, 0.3) is 0 Å². The van der Waals surface area contributed by atoms with E-state index in [1.165, 1.54) is 0 Å². The number of rotatable bonds is 0. The Bertz CT molecular complexity index is 557. The van der Waals surface area contributed by atoms with Crippen LogP contribution in [0.3, 0.4) is 0 Å². The molecular weight excluding hydrogens is 339 g/mol. The first-order valence-corrected chi connectivity index (χ1v) is 9.00. The predicted octanol–water partition coefficient (Wildman–Crippen LogP) is 1.16. The minimum absolute atomic E-state index is 0. The van der Waals surface area contributed by atoms with Crippen molar-refractivity contribution in [3.8, 4) is 0 Å². The molecule has 0 aliphatic carbocycles. The van der Waals surface area contributed by atoms with E-state index in [0.29, 0.717) is 0 Å². The summed E-state index contributed by atoms with van der Waals surface area (Å²) in [5.74, 6) is 0.132. The van der Waals surface area contributed by atoms with Gasteiger partial charge in [-0.25, -0.2) is 9.80 Å². The minimum Gasteiger partial charge on any atom is -0.642 e. The SMILES string of the molecule is [2H]C1(C)[N-]C(C(C)(C)C)C(C)C2N(C(=O)N(C)[C@]2(C)C(C)(C)C)N1C.[K+]. The van der Waals surface area contributed by atoms with E-state index in [-0.39, 0.29) is 91.8 Å². The quantitative estimate of drug-likeness (QED) is 0.595. The van der Waals surface area contributed by atoms with Crippen LogP contribution in [-0.2, 0) is 0 Å². The van der Waals surface area contributed by atoms with Gasteiger partial charge >= 0.3 is 57.4 Å².